The molecule has 1 fully saturated rings. The number of carbonyl (C=O) groups excluding carboxylic acids is 2. The van der Waals surface area contributed by atoms with Gasteiger partial charge in [-0.05, 0) is 73.5 Å². The van der Waals surface area contributed by atoms with Crippen molar-refractivity contribution in [3.8, 4) is 11.5 Å². The smallest absolute Gasteiger partial charge is 0.300 e. The summed E-state index contributed by atoms with van der Waals surface area (Å²) < 4.78 is 10.8. The number of hydrogen-bond acceptors (Lipinski definition) is 5. The van der Waals surface area contributed by atoms with Crippen molar-refractivity contribution in [2.75, 3.05) is 18.6 Å². The van der Waals surface area contributed by atoms with Gasteiger partial charge in [-0.3, -0.25) is 14.5 Å². The van der Waals surface area contributed by atoms with Gasteiger partial charge in [0.25, 0.3) is 11.7 Å². The lowest BCUT2D eigenvalue weighted by atomic mass is 9.95. The number of aliphatic hydroxyl groups is 1. The molecule has 1 saturated heterocycles. The number of aliphatic hydroxyl groups excluding tert-OH is 1. The molecule has 0 aliphatic carbocycles. The van der Waals surface area contributed by atoms with E-state index in [0.29, 0.717) is 39.9 Å². The van der Waals surface area contributed by atoms with Crippen molar-refractivity contribution in [1.82, 2.24) is 0 Å². The number of rotatable bonds is 6. The zero-order chi connectivity index (χ0) is 24.4. The van der Waals surface area contributed by atoms with E-state index < -0.39 is 17.7 Å². The molecule has 1 atom stereocenters. The highest BCUT2D eigenvalue weighted by Gasteiger charge is 2.47. The first-order chi connectivity index (χ1) is 16.3. The second-order valence-corrected chi connectivity index (χ2v) is 8.24. The average molecular weight is 478 g/mol. The number of hydrogen-bond donors (Lipinski definition) is 1. The first-order valence-electron chi connectivity index (χ1n) is 10.8. The Labute approximate surface area is 203 Å². The van der Waals surface area contributed by atoms with Crippen molar-refractivity contribution < 1.29 is 24.2 Å². The molecule has 0 saturated carbocycles. The van der Waals surface area contributed by atoms with E-state index in [4.69, 9.17) is 21.1 Å². The van der Waals surface area contributed by atoms with Crippen LogP contribution in [-0.4, -0.2) is 30.5 Å². The van der Waals surface area contributed by atoms with Crippen LogP contribution in [0.3, 0.4) is 0 Å². The van der Waals surface area contributed by atoms with Crippen LogP contribution in [0.2, 0.25) is 5.02 Å². The standard InChI is InChI=1S/C27H24ClNO5/c1-4-34-20-12-9-17(10-13-20)25(30)23-24(18-6-5-7-21(14-18)33-3)29(27(32)26(23)31)19-11-8-16(2)22(28)15-19/h5-15,24,30H,4H2,1-3H3/b25-23+. The highest BCUT2D eigenvalue weighted by Crippen LogP contribution is 2.43. The molecule has 6 nitrogen and oxygen atoms in total. The van der Waals surface area contributed by atoms with E-state index in [1.54, 1.807) is 66.7 Å². The number of halogens is 1. The van der Waals surface area contributed by atoms with Crippen molar-refractivity contribution in [3.05, 3.63) is 94.0 Å². The Morgan fingerprint density at radius 3 is 2.41 bits per heavy atom. The third kappa shape index (κ3) is 4.24. The van der Waals surface area contributed by atoms with Crippen LogP contribution in [0, 0.1) is 6.92 Å². The van der Waals surface area contributed by atoms with E-state index in [0.717, 1.165) is 5.56 Å². The Balaban J connectivity index is 1.91. The zero-order valence-corrected chi connectivity index (χ0v) is 19.8. The summed E-state index contributed by atoms with van der Waals surface area (Å²) in [4.78, 5) is 27.9. The number of carbonyl (C=O) groups is 2. The molecule has 34 heavy (non-hydrogen) atoms. The van der Waals surface area contributed by atoms with Crippen LogP contribution in [0.1, 0.15) is 29.7 Å². The number of benzene rings is 3. The number of anilines is 1. The maximum absolute atomic E-state index is 13.3. The van der Waals surface area contributed by atoms with E-state index in [1.165, 1.54) is 12.0 Å². The Kier molecular flexibility index (Phi) is 6.61. The summed E-state index contributed by atoms with van der Waals surface area (Å²) in [6.45, 7) is 4.23. The van der Waals surface area contributed by atoms with Gasteiger partial charge in [-0.25, -0.2) is 0 Å². The summed E-state index contributed by atoms with van der Waals surface area (Å²) in [7, 11) is 1.54. The molecule has 1 unspecified atom stereocenters. The molecule has 1 aliphatic heterocycles. The minimum atomic E-state index is -0.875. The molecule has 0 aromatic heterocycles. The van der Waals surface area contributed by atoms with Crippen molar-refractivity contribution in [2.45, 2.75) is 19.9 Å². The molecule has 0 spiro atoms. The predicted octanol–water partition coefficient (Wildman–Crippen LogP) is 5.68. The minimum absolute atomic E-state index is 0.0147. The monoisotopic (exact) mass is 477 g/mol. The van der Waals surface area contributed by atoms with Gasteiger partial charge in [-0.2, -0.15) is 0 Å². The first kappa shape index (κ1) is 23.4. The lowest BCUT2D eigenvalue weighted by molar-refractivity contribution is -0.132. The molecular weight excluding hydrogens is 454 g/mol. The lowest BCUT2D eigenvalue weighted by Crippen LogP contribution is -2.29. The Bertz CT molecular complexity index is 1280. The summed E-state index contributed by atoms with van der Waals surface area (Å²) in [6.07, 6.45) is 0. The van der Waals surface area contributed by atoms with Crippen molar-refractivity contribution in [1.29, 1.82) is 0 Å². The fraction of sp³-hybridized carbons (Fsp3) is 0.185. The number of ether oxygens (including phenoxy) is 2. The topological polar surface area (TPSA) is 76.1 Å². The SMILES string of the molecule is CCOc1ccc(/C(O)=C2\C(=O)C(=O)N(c3ccc(C)c(Cl)c3)C2c2cccc(OC)c2)cc1. The van der Waals surface area contributed by atoms with Crippen molar-refractivity contribution in [2.24, 2.45) is 0 Å². The quantitative estimate of drug-likeness (QED) is 0.281. The van der Waals surface area contributed by atoms with Crippen molar-refractivity contribution in [3.63, 3.8) is 0 Å². The van der Waals surface area contributed by atoms with Gasteiger partial charge in [0.05, 0.1) is 25.3 Å². The number of methoxy groups -OCH3 is 1. The summed E-state index contributed by atoms with van der Waals surface area (Å²) in [6, 6.07) is 18.1. The Morgan fingerprint density at radius 2 is 1.76 bits per heavy atom. The molecule has 0 bridgehead atoms. The van der Waals surface area contributed by atoms with Crippen LogP contribution in [0.25, 0.3) is 5.76 Å². The van der Waals surface area contributed by atoms with E-state index >= 15 is 0 Å². The summed E-state index contributed by atoms with van der Waals surface area (Å²) in [5, 5.41) is 11.7. The second-order valence-electron chi connectivity index (χ2n) is 7.84. The summed E-state index contributed by atoms with van der Waals surface area (Å²) in [5.74, 6) is -0.602. The van der Waals surface area contributed by atoms with Crippen LogP contribution in [0.15, 0.2) is 72.3 Å². The highest BCUT2D eigenvalue weighted by atomic mass is 35.5. The molecule has 1 aliphatic rings. The molecule has 1 N–H and O–H groups in total. The third-order valence-corrected chi connectivity index (χ3v) is 6.13. The number of aryl methyl sites for hydroxylation is 1. The van der Waals surface area contributed by atoms with Gasteiger partial charge in [-0.1, -0.05) is 29.8 Å². The zero-order valence-electron chi connectivity index (χ0n) is 19.0. The normalized spacial score (nSPS) is 17.2. The molecule has 7 heteroatoms. The molecule has 174 valence electrons. The maximum Gasteiger partial charge on any atom is 0.300 e. The molecule has 4 rings (SSSR count). The largest absolute Gasteiger partial charge is 0.507 e. The third-order valence-electron chi connectivity index (χ3n) is 5.73. The van der Waals surface area contributed by atoms with Gasteiger partial charge in [-0.15, -0.1) is 0 Å². The van der Waals surface area contributed by atoms with E-state index in [9.17, 15) is 14.7 Å². The first-order valence-corrected chi connectivity index (χ1v) is 11.2. The van der Waals surface area contributed by atoms with Gasteiger partial charge in [0.15, 0.2) is 0 Å². The van der Waals surface area contributed by atoms with Gasteiger partial charge < -0.3 is 14.6 Å². The molecule has 3 aromatic rings. The second kappa shape index (κ2) is 9.61. The fourth-order valence-electron chi connectivity index (χ4n) is 3.99. The molecule has 0 radical (unpaired) electrons. The van der Waals surface area contributed by atoms with Gasteiger partial charge >= 0.3 is 0 Å². The number of Topliss-reactive ketones (excluding diaryl/α,β-unsaturated/α-hetero) is 1. The van der Waals surface area contributed by atoms with Crippen LogP contribution in [-0.2, 0) is 9.59 Å². The van der Waals surface area contributed by atoms with E-state index in [1.807, 2.05) is 13.8 Å². The van der Waals surface area contributed by atoms with Crippen LogP contribution in [0.4, 0.5) is 5.69 Å². The van der Waals surface area contributed by atoms with E-state index in [2.05, 4.69) is 0 Å². The van der Waals surface area contributed by atoms with E-state index in [-0.39, 0.29) is 11.3 Å². The number of nitrogens with zero attached hydrogens (tertiary/aromatic N) is 1. The predicted molar refractivity (Wildman–Crippen MR) is 132 cm³/mol. The summed E-state index contributed by atoms with van der Waals surface area (Å²) >= 11 is 6.34. The molecule has 1 heterocycles. The Morgan fingerprint density at radius 1 is 1.03 bits per heavy atom. The Hall–Kier alpha value is -3.77. The molecule has 3 aromatic carbocycles. The molecular formula is C27H24ClNO5. The lowest BCUT2D eigenvalue weighted by Gasteiger charge is -2.26. The molecule has 1 amide bonds. The average Bonchev–Trinajstić information content (AvgIpc) is 3.11. The number of amides is 1. The number of ketones is 1. The van der Waals surface area contributed by atoms with Gasteiger partial charge in [0.2, 0.25) is 0 Å². The summed E-state index contributed by atoms with van der Waals surface area (Å²) in [5.41, 5.74) is 2.30. The maximum atomic E-state index is 13.3. The highest BCUT2D eigenvalue weighted by molar-refractivity contribution is 6.51. The van der Waals surface area contributed by atoms with Crippen molar-refractivity contribution >= 4 is 34.7 Å². The minimum Gasteiger partial charge on any atom is -0.507 e. The fourth-order valence-corrected chi connectivity index (χ4v) is 4.16. The van der Waals surface area contributed by atoms with Gasteiger partial charge in [0, 0.05) is 16.3 Å². The van der Waals surface area contributed by atoms with Crippen LogP contribution < -0.4 is 14.4 Å². The van der Waals surface area contributed by atoms with Crippen LogP contribution in [0.5, 0.6) is 11.5 Å². The van der Waals surface area contributed by atoms with Crippen LogP contribution >= 0.6 is 11.6 Å². The van der Waals surface area contributed by atoms with Gasteiger partial charge in [0.1, 0.15) is 17.3 Å².